The lowest BCUT2D eigenvalue weighted by atomic mass is 9.93. The number of ether oxygens (including phenoxy) is 1. The topological polar surface area (TPSA) is 112 Å². The summed E-state index contributed by atoms with van der Waals surface area (Å²) in [7, 11) is 1.73. The number of piperidine rings is 1. The lowest BCUT2D eigenvalue weighted by molar-refractivity contribution is -0.132. The van der Waals surface area contributed by atoms with E-state index in [0.29, 0.717) is 26.0 Å². The van der Waals surface area contributed by atoms with Gasteiger partial charge in [0.1, 0.15) is 0 Å². The Kier molecular flexibility index (Phi) is 8.99. The number of hydrogen-bond acceptors (Lipinski definition) is 6. The van der Waals surface area contributed by atoms with E-state index in [-0.39, 0.29) is 23.8 Å². The summed E-state index contributed by atoms with van der Waals surface area (Å²) in [5.74, 6) is 0.627. The van der Waals surface area contributed by atoms with Crippen LogP contribution in [0.25, 0.3) is 22.0 Å². The van der Waals surface area contributed by atoms with Crippen molar-refractivity contribution in [2.75, 3.05) is 32.5 Å². The fourth-order valence-corrected chi connectivity index (χ4v) is 5.94. The number of carbonyl (C=O) groups excluding carboxylic acids is 1. The van der Waals surface area contributed by atoms with Crippen LogP contribution in [-0.4, -0.2) is 58.2 Å². The highest BCUT2D eigenvalue weighted by Crippen LogP contribution is 2.35. The molecule has 1 fully saturated rings. The van der Waals surface area contributed by atoms with Crippen LogP contribution in [-0.2, 0) is 22.5 Å². The van der Waals surface area contributed by atoms with Crippen molar-refractivity contribution in [3.05, 3.63) is 77.2 Å². The molecule has 0 bridgehead atoms. The highest BCUT2D eigenvalue weighted by Gasteiger charge is 2.28. The van der Waals surface area contributed by atoms with Crippen LogP contribution in [0.15, 0.2) is 60.9 Å². The standard InChI is InChI=1S/C31H37ClN6O2/c1-40-14-4-13-38-28-7-2-6-27(32)26(28)17-29(38)23-5-3-12-37(20-23)30(39)16-25(33)15-21-8-10-22(11-9-21)24-18-35-31(34)36-19-24/h2,6-11,17-19,23,25H,3-5,12-16,20,33H2,1H3,(H2,34,35,36). The van der Waals surface area contributed by atoms with Crippen molar-refractivity contribution in [3.63, 3.8) is 0 Å². The van der Waals surface area contributed by atoms with Gasteiger partial charge in [0, 0.05) is 91.3 Å². The number of aromatic nitrogens is 3. The Labute approximate surface area is 240 Å². The Hall–Kier alpha value is -3.46. The fourth-order valence-electron chi connectivity index (χ4n) is 5.72. The van der Waals surface area contributed by atoms with E-state index in [9.17, 15) is 4.79 Å². The van der Waals surface area contributed by atoms with Crippen LogP contribution in [0.5, 0.6) is 0 Å². The van der Waals surface area contributed by atoms with Gasteiger partial charge in [0.15, 0.2) is 0 Å². The summed E-state index contributed by atoms with van der Waals surface area (Å²) < 4.78 is 7.67. The van der Waals surface area contributed by atoms with E-state index in [1.54, 1.807) is 19.5 Å². The zero-order chi connectivity index (χ0) is 28.1. The number of aryl methyl sites for hydroxylation is 1. The van der Waals surface area contributed by atoms with Gasteiger partial charge >= 0.3 is 0 Å². The number of nitrogens with two attached hydrogens (primary N) is 2. The van der Waals surface area contributed by atoms with Crippen molar-refractivity contribution in [1.29, 1.82) is 0 Å². The maximum absolute atomic E-state index is 13.3. The van der Waals surface area contributed by atoms with Crippen LogP contribution in [0.2, 0.25) is 5.02 Å². The van der Waals surface area contributed by atoms with Crippen molar-refractivity contribution in [2.24, 2.45) is 5.73 Å². The van der Waals surface area contributed by atoms with E-state index in [0.717, 1.165) is 65.0 Å². The van der Waals surface area contributed by atoms with Crippen LogP contribution < -0.4 is 11.5 Å². The molecule has 9 heteroatoms. The number of fused-ring (bicyclic) bond motifs is 1. The number of carbonyl (C=O) groups is 1. The highest BCUT2D eigenvalue weighted by atomic mass is 35.5. The van der Waals surface area contributed by atoms with Gasteiger partial charge in [-0.1, -0.05) is 41.9 Å². The summed E-state index contributed by atoms with van der Waals surface area (Å²) in [6.07, 6.45) is 7.30. The van der Waals surface area contributed by atoms with Gasteiger partial charge in [0.05, 0.1) is 0 Å². The summed E-state index contributed by atoms with van der Waals surface area (Å²) in [5, 5.41) is 1.82. The second-order valence-electron chi connectivity index (χ2n) is 10.6. The third-order valence-electron chi connectivity index (χ3n) is 7.74. The zero-order valence-corrected chi connectivity index (χ0v) is 23.7. The first-order chi connectivity index (χ1) is 19.4. The molecule has 0 aliphatic carbocycles. The van der Waals surface area contributed by atoms with E-state index >= 15 is 0 Å². The molecule has 0 radical (unpaired) electrons. The van der Waals surface area contributed by atoms with Crippen LogP contribution in [0, 0.1) is 0 Å². The molecule has 1 saturated heterocycles. The normalized spacial score (nSPS) is 16.4. The Balaban J connectivity index is 1.22. The largest absolute Gasteiger partial charge is 0.385 e. The number of nitrogens with zero attached hydrogens (tertiary/aromatic N) is 4. The second kappa shape index (κ2) is 12.8. The monoisotopic (exact) mass is 560 g/mol. The fraction of sp³-hybridized carbons (Fsp3) is 0.387. The molecule has 40 heavy (non-hydrogen) atoms. The second-order valence-corrected chi connectivity index (χ2v) is 11.0. The molecule has 3 heterocycles. The van der Waals surface area contributed by atoms with E-state index in [1.807, 2.05) is 41.3 Å². The van der Waals surface area contributed by atoms with E-state index in [1.165, 1.54) is 5.69 Å². The quantitative estimate of drug-likeness (QED) is 0.263. The van der Waals surface area contributed by atoms with Gasteiger partial charge in [-0.25, -0.2) is 9.97 Å². The Morgan fingerprint density at radius 1 is 1.15 bits per heavy atom. The molecule has 0 spiro atoms. The van der Waals surface area contributed by atoms with Gasteiger partial charge in [-0.15, -0.1) is 0 Å². The summed E-state index contributed by atoms with van der Waals surface area (Å²) in [4.78, 5) is 23.5. The predicted octanol–water partition coefficient (Wildman–Crippen LogP) is 5.04. The molecule has 8 nitrogen and oxygen atoms in total. The number of anilines is 1. The third kappa shape index (κ3) is 6.46. The van der Waals surface area contributed by atoms with Gasteiger partial charge < -0.3 is 25.7 Å². The molecule has 2 unspecified atom stereocenters. The minimum atomic E-state index is -0.252. The van der Waals surface area contributed by atoms with Gasteiger partial charge in [-0.2, -0.15) is 0 Å². The lowest BCUT2D eigenvalue weighted by Crippen LogP contribution is -2.42. The third-order valence-corrected chi connectivity index (χ3v) is 8.07. The van der Waals surface area contributed by atoms with E-state index in [2.05, 4.69) is 26.7 Å². The van der Waals surface area contributed by atoms with Crippen LogP contribution in [0.3, 0.4) is 0 Å². The van der Waals surface area contributed by atoms with Crippen molar-refractivity contribution in [2.45, 2.75) is 50.6 Å². The number of hydrogen-bond donors (Lipinski definition) is 2. The number of rotatable bonds is 10. The summed E-state index contributed by atoms with van der Waals surface area (Å²) in [6, 6.07) is 16.1. The Bertz CT molecular complexity index is 1440. The minimum absolute atomic E-state index is 0.118. The average molecular weight is 561 g/mol. The van der Waals surface area contributed by atoms with Crippen molar-refractivity contribution in [3.8, 4) is 11.1 Å². The molecule has 210 valence electrons. The molecule has 4 aromatic rings. The smallest absolute Gasteiger partial charge is 0.224 e. The first kappa shape index (κ1) is 28.1. The van der Waals surface area contributed by atoms with Gasteiger partial charge in [0.25, 0.3) is 0 Å². The molecule has 5 rings (SSSR count). The maximum atomic E-state index is 13.3. The zero-order valence-electron chi connectivity index (χ0n) is 22.9. The lowest BCUT2D eigenvalue weighted by Gasteiger charge is -2.34. The molecule has 2 aromatic heterocycles. The number of halogens is 1. The first-order valence-corrected chi connectivity index (χ1v) is 14.3. The molecule has 4 N–H and O–H groups in total. The van der Waals surface area contributed by atoms with Crippen molar-refractivity contribution < 1.29 is 9.53 Å². The number of amides is 1. The predicted molar refractivity (Wildman–Crippen MR) is 160 cm³/mol. The van der Waals surface area contributed by atoms with Gasteiger partial charge in [-0.05, 0) is 55.0 Å². The molecular weight excluding hydrogens is 524 g/mol. The van der Waals surface area contributed by atoms with Gasteiger partial charge in [-0.3, -0.25) is 4.79 Å². The number of likely N-dealkylation sites (tertiary alicyclic amines) is 1. The molecule has 0 saturated carbocycles. The van der Waals surface area contributed by atoms with Crippen molar-refractivity contribution >= 4 is 34.4 Å². The van der Waals surface area contributed by atoms with Crippen LogP contribution >= 0.6 is 11.6 Å². The maximum Gasteiger partial charge on any atom is 0.224 e. The number of methoxy groups -OCH3 is 1. The summed E-state index contributed by atoms with van der Waals surface area (Å²) in [5.41, 5.74) is 17.4. The molecular formula is C31H37ClN6O2. The first-order valence-electron chi connectivity index (χ1n) is 13.9. The average Bonchev–Trinajstić information content (AvgIpc) is 3.34. The van der Waals surface area contributed by atoms with E-state index in [4.69, 9.17) is 27.8 Å². The molecule has 2 atom stereocenters. The molecule has 1 aliphatic heterocycles. The Morgan fingerprint density at radius 2 is 1.93 bits per heavy atom. The Morgan fingerprint density at radius 3 is 2.67 bits per heavy atom. The van der Waals surface area contributed by atoms with Crippen LogP contribution in [0.4, 0.5) is 5.95 Å². The molecule has 1 aliphatic rings. The summed E-state index contributed by atoms with van der Waals surface area (Å²) in [6.45, 7) is 3.02. The number of benzene rings is 2. The SMILES string of the molecule is COCCCn1c(C2CCCN(C(=O)CC(N)Cc3ccc(-c4cnc(N)nc4)cc3)C2)cc2c(Cl)cccc21. The highest BCUT2D eigenvalue weighted by molar-refractivity contribution is 6.35. The van der Waals surface area contributed by atoms with Crippen LogP contribution in [0.1, 0.15) is 42.9 Å². The van der Waals surface area contributed by atoms with E-state index < -0.39 is 0 Å². The minimum Gasteiger partial charge on any atom is -0.385 e. The van der Waals surface area contributed by atoms with Gasteiger partial charge in [0.2, 0.25) is 11.9 Å². The summed E-state index contributed by atoms with van der Waals surface area (Å²) >= 11 is 6.56. The molecule has 2 aromatic carbocycles. The number of nitrogen functional groups attached to an aromatic ring is 1. The van der Waals surface area contributed by atoms with Crippen molar-refractivity contribution in [1.82, 2.24) is 19.4 Å². The molecule has 1 amide bonds.